The van der Waals surface area contributed by atoms with Crippen LogP contribution in [0.15, 0.2) is 30.3 Å². The van der Waals surface area contributed by atoms with Crippen LogP contribution in [0, 0.1) is 0 Å². The van der Waals surface area contributed by atoms with E-state index in [2.05, 4.69) is 54.3 Å². The molecule has 0 aliphatic carbocycles. The van der Waals surface area contributed by atoms with Gasteiger partial charge in [0.1, 0.15) is 24.1 Å². The summed E-state index contributed by atoms with van der Waals surface area (Å²) in [7, 11) is 1.64. The van der Waals surface area contributed by atoms with Gasteiger partial charge in [0.2, 0.25) is 6.29 Å². The van der Waals surface area contributed by atoms with Crippen LogP contribution in [0.4, 0.5) is 0 Å². The summed E-state index contributed by atoms with van der Waals surface area (Å²) < 4.78 is 18.5. The van der Waals surface area contributed by atoms with E-state index in [1.807, 2.05) is 31.2 Å². The van der Waals surface area contributed by atoms with Crippen molar-refractivity contribution >= 4 is 5.65 Å². The number of nitrogens with one attached hydrogen (secondary N) is 2. The maximum atomic E-state index is 5.87. The topological polar surface area (TPSA) is 85.7 Å². The number of hydrogen-bond acceptors (Lipinski definition) is 6. The molecule has 8 heteroatoms. The van der Waals surface area contributed by atoms with Crippen LogP contribution in [0.5, 0.6) is 11.5 Å². The first-order valence-electron chi connectivity index (χ1n) is 10.4. The van der Waals surface area contributed by atoms with Crippen molar-refractivity contribution in [2.75, 3.05) is 20.4 Å². The Morgan fingerprint density at radius 1 is 1.13 bits per heavy atom. The van der Waals surface area contributed by atoms with E-state index in [4.69, 9.17) is 14.2 Å². The summed E-state index contributed by atoms with van der Waals surface area (Å²) in [5.41, 5.74) is 1.94. The van der Waals surface area contributed by atoms with E-state index in [0.29, 0.717) is 6.73 Å². The summed E-state index contributed by atoms with van der Waals surface area (Å²) in [5, 5.41) is 12.5. The molecule has 0 fully saturated rings. The average Bonchev–Trinajstić information content (AvgIpc) is 3.30. The van der Waals surface area contributed by atoms with Crippen LogP contribution >= 0.6 is 0 Å². The van der Waals surface area contributed by atoms with E-state index in [0.717, 1.165) is 41.6 Å². The van der Waals surface area contributed by atoms with Gasteiger partial charge in [-0.2, -0.15) is 5.10 Å². The Morgan fingerprint density at radius 2 is 1.83 bits per heavy atom. The average molecular weight is 416 g/mol. The molecule has 0 bridgehead atoms. The Kier molecular flexibility index (Phi) is 6.99. The molecule has 0 aliphatic heterocycles. The highest BCUT2D eigenvalue weighted by atomic mass is 16.7. The zero-order valence-corrected chi connectivity index (χ0v) is 18.7. The number of benzene rings is 1. The minimum atomic E-state index is -0.316. The molecule has 2 aromatic heterocycles. The monoisotopic (exact) mass is 415 g/mol. The van der Waals surface area contributed by atoms with Crippen molar-refractivity contribution in [3.05, 3.63) is 41.9 Å². The predicted octanol–water partition coefficient (Wildman–Crippen LogP) is 3.85. The van der Waals surface area contributed by atoms with Gasteiger partial charge in [0.25, 0.3) is 0 Å². The summed E-state index contributed by atoms with van der Waals surface area (Å²) in [6.07, 6.45) is 0.429. The van der Waals surface area contributed by atoms with E-state index < -0.39 is 0 Å². The quantitative estimate of drug-likeness (QED) is 0.386. The second-order valence-electron chi connectivity index (χ2n) is 8.46. The summed E-state index contributed by atoms with van der Waals surface area (Å²) >= 11 is 0. The molecule has 8 nitrogen and oxygen atoms in total. The van der Waals surface area contributed by atoms with Crippen molar-refractivity contribution in [3.63, 3.8) is 0 Å². The van der Waals surface area contributed by atoms with Crippen LogP contribution in [0.25, 0.3) is 5.65 Å². The standard InChI is InChI=1S/C22H33N5O3/c1-7-20(30-17-10-8-16(28-6)9-11-17)29-14-23-13-15(2)21-24-19-12-18(22(3,4)5)25-27(19)26-21/h8-12,15,20,23H,7,13-14H2,1-6H3,(H,24,26). The molecule has 0 aliphatic rings. The second-order valence-corrected chi connectivity index (χ2v) is 8.46. The van der Waals surface area contributed by atoms with Gasteiger partial charge in [-0.1, -0.05) is 34.6 Å². The number of hydrogen-bond donors (Lipinski definition) is 2. The molecular weight excluding hydrogens is 382 g/mol. The Labute approximate surface area is 177 Å². The van der Waals surface area contributed by atoms with Gasteiger partial charge in [-0.25, -0.2) is 0 Å². The molecule has 1 aromatic carbocycles. The third-order valence-corrected chi connectivity index (χ3v) is 4.87. The SMILES string of the molecule is CCC(OCNCC(C)c1nn2nc(C(C)(C)C)cc2[nH]1)Oc1ccc(OC)cc1. The van der Waals surface area contributed by atoms with Crippen LogP contribution < -0.4 is 14.8 Å². The molecule has 30 heavy (non-hydrogen) atoms. The predicted molar refractivity (Wildman–Crippen MR) is 116 cm³/mol. The highest BCUT2D eigenvalue weighted by Gasteiger charge is 2.20. The number of ether oxygens (including phenoxy) is 3. The van der Waals surface area contributed by atoms with Gasteiger partial charge in [-0.15, -0.1) is 9.73 Å². The van der Waals surface area contributed by atoms with Crippen LogP contribution in [-0.4, -0.2) is 46.5 Å². The minimum absolute atomic E-state index is 0.00290. The first-order chi connectivity index (χ1) is 14.3. The number of aromatic nitrogens is 4. The molecule has 0 saturated heterocycles. The third kappa shape index (κ3) is 5.52. The summed E-state index contributed by atoms with van der Waals surface area (Å²) in [5.74, 6) is 2.64. The Morgan fingerprint density at radius 3 is 2.43 bits per heavy atom. The summed E-state index contributed by atoms with van der Waals surface area (Å²) in [4.78, 5) is 3.36. The van der Waals surface area contributed by atoms with Gasteiger partial charge >= 0.3 is 0 Å². The summed E-state index contributed by atoms with van der Waals surface area (Å²) in [6, 6.07) is 9.54. The fourth-order valence-electron chi connectivity index (χ4n) is 2.95. The smallest absolute Gasteiger partial charge is 0.201 e. The molecule has 164 valence electrons. The minimum Gasteiger partial charge on any atom is -0.497 e. The van der Waals surface area contributed by atoms with Gasteiger partial charge in [0.05, 0.1) is 12.8 Å². The normalized spacial score (nSPS) is 14.1. The third-order valence-electron chi connectivity index (χ3n) is 4.87. The lowest BCUT2D eigenvalue weighted by molar-refractivity contribution is -0.0879. The Hall–Kier alpha value is -2.58. The van der Waals surface area contributed by atoms with E-state index in [-0.39, 0.29) is 17.6 Å². The second kappa shape index (κ2) is 9.49. The molecule has 0 radical (unpaired) electrons. The Balaban J connectivity index is 1.45. The molecule has 2 unspecified atom stereocenters. The Bertz CT molecular complexity index is 895. The van der Waals surface area contributed by atoms with Crippen molar-refractivity contribution in [1.82, 2.24) is 25.1 Å². The zero-order valence-electron chi connectivity index (χ0n) is 18.7. The largest absolute Gasteiger partial charge is 0.497 e. The lowest BCUT2D eigenvalue weighted by Gasteiger charge is -2.19. The molecule has 0 spiro atoms. The number of aromatic amines is 1. The van der Waals surface area contributed by atoms with Gasteiger partial charge in [0, 0.05) is 30.4 Å². The van der Waals surface area contributed by atoms with Crippen LogP contribution in [0.2, 0.25) is 0 Å². The molecule has 2 N–H and O–H groups in total. The van der Waals surface area contributed by atoms with E-state index in [9.17, 15) is 0 Å². The highest BCUT2D eigenvalue weighted by molar-refractivity contribution is 5.40. The molecular formula is C22H33N5O3. The molecule has 2 heterocycles. The number of fused-ring (bicyclic) bond motifs is 1. The molecule has 3 rings (SSSR count). The van der Waals surface area contributed by atoms with Gasteiger partial charge < -0.3 is 19.2 Å². The van der Waals surface area contributed by atoms with Crippen LogP contribution in [0.3, 0.4) is 0 Å². The van der Waals surface area contributed by atoms with Gasteiger partial charge in [-0.05, 0) is 24.3 Å². The number of methoxy groups -OCH3 is 1. The molecule has 3 aromatic rings. The van der Waals surface area contributed by atoms with Crippen molar-refractivity contribution in [2.24, 2.45) is 0 Å². The fourth-order valence-corrected chi connectivity index (χ4v) is 2.95. The van der Waals surface area contributed by atoms with Crippen LogP contribution in [0.1, 0.15) is 58.5 Å². The van der Waals surface area contributed by atoms with Crippen LogP contribution in [-0.2, 0) is 10.2 Å². The summed E-state index contributed by atoms with van der Waals surface area (Å²) in [6.45, 7) is 11.7. The maximum Gasteiger partial charge on any atom is 0.201 e. The van der Waals surface area contributed by atoms with E-state index in [1.165, 1.54) is 0 Å². The van der Waals surface area contributed by atoms with Crippen molar-refractivity contribution < 1.29 is 14.2 Å². The van der Waals surface area contributed by atoms with E-state index >= 15 is 0 Å². The number of H-pyrrole nitrogens is 1. The molecule has 0 saturated carbocycles. The van der Waals surface area contributed by atoms with Crippen molar-refractivity contribution in [2.45, 2.75) is 58.7 Å². The lowest BCUT2D eigenvalue weighted by atomic mass is 9.93. The number of nitrogens with zero attached hydrogens (tertiary/aromatic N) is 3. The van der Waals surface area contributed by atoms with Crippen molar-refractivity contribution in [1.29, 1.82) is 0 Å². The van der Waals surface area contributed by atoms with E-state index in [1.54, 1.807) is 11.7 Å². The zero-order chi connectivity index (χ0) is 21.7. The number of rotatable bonds is 10. The highest BCUT2D eigenvalue weighted by Crippen LogP contribution is 2.22. The first-order valence-corrected chi connectivity index (χ1v) is 10.4. The fraction of sp³-hybridized carbons (Fsp3) is 0.545. The van der Waals surface area contributed by atoms with Crippen molar-refractivity contribution in [3.8, 4) is 11.5 Å². The lowest BCUT2D eigenvalue weighted by Crippen LogP contribution is -2.29. The first kappa shape index (κ1) is 22.1. The maximum absolute atomic E-state index is 5.87. The molecule has 2 atom stereocenters. The van der Waals surface area contributed by atoms with Gasteiger partial charge in [0.15, 0.2) is 5.65 Å². The molecule has 0 amide bonds. The van der Waals surface area contributed by atoms with Gasteiger partial charge in [-0.3, -0.25) is 5.32 Å².